The molecule has 8 nitrogen and oxygen atoms in total. The van der Waals surface area contributed by atoms with E-state index in [9.17, 15) is 9.59 Å². The van der Waals surface area contributed by atoms with Gasteiger partial charge in [0, 0.05) is 11.1 Å². The van der Waals surface area contributed by atoms with E-state index >= 15 is 0 Å². The highest BCUT2D eigenvalue weighted by Crippen LogP contribution is 2.24. The van der Waals surface area contributed by atoms with Crippen molar-refractivity contribution in [2.45, 2.75) is 0 Å². The summed E-state index contributed by atoms with van der Waals surface area (Å²) in [6.07, 6.45) is 0. The van der Waals surface area contributed by atoms with Crippen LogP contribution in [0, 0.1) is 0 Å². The van der Waals surface area contributed by atoms with Crippen LogP contribution in [0.4, 0.5) is 0 Å². The first-order chi connectivity index (χ1) is 14.5. The standard InChI is InChI=1S/C22H16N6O2/c23-27-19(25-17-10-3-1-8-15(17)21(27)29)13-6-5-7-14(12-13)20-26-18-11-4-2-9-16(18)22(30)28(20)24/h1-12H,23-24H2. The smallest absolute Gasteiger partial charge is 0.280 e. The van der Waals surface area contributed by atoms with E-state index in [0.717, 1.165) is 9.35 Å². The summed E-state index contributed by atoms with van der Waals surface area (Å²) in [4.78, 5) is 34.4. The summed E-state index contributed by atoms with van der Waals surface area (Å²) < 4.78 is 2.04. The molecule has 0 spiro atoms. The third-order valence-corrected chi connectivity index (χ3v) is 4.99. The molecular formula is C22H16N6O2. The average Bonchev–Trinajstić information content (AvgIpc) is 2.79. The van der Waals surface area contributed by atoms with Gasteiger partial charge in [-0.1, -0.05) is 42.5 Å². The lowest BCUT2D eigenvalue weighted by Crippen LogP contribution is -2.30. The third-order valence-electron chi connectivity index (χ3n) is 4.99. The monoisotopic (exact) mass is 396 g/mol. The number of rotatable bonds is 2. The Morgan fingerprint density at radius 3 is 1.50 bits per heavy atom. The topological polar surface area (TPSA) is 122 Å². The summed E-state index contributed by atoms with van der Waals surface area (Å²) in [6, 6.07) is 21.1. The van der Waals surface area contributed by atoms with Crippen LogP contribution in [0.5, 0.6) is 0 Å². The third kappa shape index (κ3) is 2.62. The molecule has 0 fully saturated rings. The Balaban J connectivity index is 1.74. The van der Waals surface area contributed by atoms with Crippen molar-refractivity contribution in [2.75, 3.05) is 11.7 Å². The molecule has 0 atom stereocenters. The van der Waals surface area contributed by atoms with Gasteiger partial charge in [-0.2, -0.15) is 0 Å². The molecule has 0 radical (unpaired) electrons. The van der Waals surface area contributed by atoms with Gasteiger partial charge >= 0.3 is 0 Å². The van der Waals surface area contributed by atoms with E-state index in [0.29, 0.717) is 44.6 Å². The number of nitrogen functional groups attached to an aromatic ring is 2. The van der Waals surface area contributed by atoms with E-state index in [2.05, 4.69) is 9.97 Å². The molecule has 3 aromatic carbocycles. The molecule has 0 aliphatic carbocycles. The number of hydrogen-bond acceptors (Lipinski definition) is 6. The number of aromatic nitrogens is 4. The molecule has 0 saturated heterocycles. The summed E-state index contributed by atoms with van der Waals surface area (Å²) in [6.45, 7) is 0. The van der Waals surface area contributed by atoms with Crippen LogP contribution in [0.1, 0.15) is 0 Å². The summed E-state index contributed by atoms with van der Waals surface area (Å²) >= 11 is 0. The van der Waals surface area contributed by atoms with Crippen LogP contribution in [0.2, 0.25) is 0 Å². The van der Waals surface area contributed by atoms with Gasteiger partial charge in [0.05, 0.1) is 21.8 Å². The van der Waals surface area contributed by atoms with E-state index in [-0.39, 0.29) is 11.1 Å². The molecule has 146 valence electrons. The van der Waals surface area contributed by atoms with Crippen LogP contribution in [0.25, 0.3) is 44.6 Å². The van der Waals surface area contributed by atoms with Crippen LogP contribution in [0.3, 0.4) is 0 Å². The zero-order valence-corrected chi connectivity index (χ0v) is 15.7. The molecule has 5 aromatic rings. The van der Waals surface area contributed by atoms with E-state index in [1.165, 1.54) is 0 Å². The molecule has 2 aromatic heterocycles. The Morgan fingerprint density at radius 2 is 1.03 bits per heavy atom. The van der Waals surface area contributed by atoms with Crippen LogP contribution in [-0.2, 0) is 0 Å². The number of para-hydroxylation sites is 2. The molecule has 0 unspecified atom stereocenters. The molecule has 5 rings (SSSR count). The first-order valence-electron chi connectivity index (χ1n) is 9.19. The van der Waals surface area contributed by atoms with Crippen molar-refractivity contribution in [1.82, 2.24) is 19.3 Å². The summed E-state index contributed by atoms with van der Waals surface area (Å²) in [5, 5.41) is 0.874. The number of hydrogen-bond donors (Lipinski definition) is 2. The lowest BCUT2D eigenvalue weighted by Gasteiger charge is -2.12. The van der Waals surface area contributed by atoms with Gasteiger partial charge in [-0.05, 0) is 30.3 Å². The SMILES string of the molecule is Nn1c(-c2cccc(-c3nc4ccccc4c(=O)n3N)c2)nc2ccccc2c1=O. The van der Waals surface area contributed by atoms with E-state index in [4.69, 9.17) is 11.7 Å². The molecule has 0 aliphatic heterocycles. The molecule has 4 N–H and O–H groups in total. The van der Waals surface area contributed by atoms with Crippen LogP contribution >= 0.6 is 0 Å². The lowest BCUT2D eigenvalue weighted by molar-refractivity contribution is 0.922. The van der Waals surface area contributed by atoms with Gasteiger partial charge in [0.2, 0.25) is 0 Å². The second kappa shape index (κ2) is 6.56. The van der Waals surface area contributed by atoms with Gasteiger partial charge in [-0.15, -0.1) is 0 Å². The van der Waals surface area contributed by atoms with Gasteiger partial charge in [0.25, 0.3) is 11.1 Å². The number of nitrogens with zero attached hydrogens (tertiary/aromatic N) is 4. The van der Waals surface area contributed by atoms with Crippen molar-refractivity contribution < 1.29 is 0 Å². The minimum Gasteiger partial charge on any atom is -0.334 e. The highest BCUT2D eigenvalue weighted by molar-refractivity contribution is 5.82. The van der Waals surface area contributed by atoms with Crippen molar-refractivity contribution in [3.63, 3.8) is 0 Å². The molecule has 0 saturated carbocycles. The van der Waals surface area contributed by atoms with Gasteiger partial charge in [0.15, 0.2) is 11.6 Å². The number of fused-ring (bicyclic) bond motifs is 2. The Bertz CT molecular complexity index is 1450. The van der Waals surface area contributed by atoms with Crippen molar-refractivity contribution in [1.29, 1.82) is 0 Å². The molecule has 8 heteroatoms. The maximum absolute atomic E-state index is 12.6. The normalized spacial score (nSPS) is 11.2. The van der Waals surface area contributed by atoms with E-state index in [1.807, 2.05) is 12.1 Å². The lowest BCUT2D eigenvalue weighted by atomic mass is 10.1. The molecule has 2 heterocycles. The summed E-state index contributed by atoms with van der Waals surface area (Å²) in [5.74, 6) is 12.7. The van der Waals surface area contributed by atoms with Crippen molar-refractivity contribution in [3.8, 4) is 22.8 Å². The summed E-state index contributed by atoms with van der Waals surface area (Å²) in [5.41, 5.74) is 1.59. The van der Waals surface area contributed by atoms with Gasteiger partial charge in [0.1, 0.15) is 0 Å². The van der Waals surface area contributed by atoms with E-state index < -0.39 is 0 Å². The largest absolute Gasteiger partial charge is 0.334 e. The zero-order valence-electron chi connectivity index (χ0n) is 15.7. The van der Waals surface area contributed by atoms with Gasteiger partial charge in [-0.3, -0.25) is 9.59 Å². The molecule has 0 bridgehead atoms. The Kier molecular flexibility index (Phi) is 3.85. The van der Waals surface area contributed by atoms with Crippen molar-refractivity contribution in [2.24, 2.45) is 0 Å². The second-order valence-corrected chi connectivity index (χ2v) is 6.84. The summed E-state index contributed by atoms with van der Waals surface area (Å²) in [7, 11) is 0. The molecular weight excluding hydrogens is 380 g/mol. The highest BCUT2D eigenvalue weighted by atomic mass is 16.1. The van der Waals surface area contributed by atoms with E-state index in [1.54, 1.807) is 60.7 Å². The predicted molar refractivity (Wildman–Crippen MR) is 117 cm³/mol. The van der Waals surface area contributed by atoms with Crippen LogP contribution in [-0.4, -0.2) is 19.3 Å². The molecule has 0 aliphatic rings. The highest BCUT2D eigenvalue weighted by Gasteiger charge is 2.14. The van der Waals surface area contributed by atoms with Crippen molar-refractivity contribution in [3.05, 3.63) is 93.5 Å². The number of benzene rings is 3. The van der Waals surface area contributed by atoms with Gasteiger partial charge < -0.3 is 11.7 Å². The Labute approximate surface area is 169 Å². The molecule has 0 amide bonds. The maximum Gasteiger partial charge on any atom is 0.280 e. The predicted octanol–water partition coefficient (Wildman–Crippen LogP) is 1.87. The fourth-order valence-electron chi connectivity index (χ4n) is 3.50. The quantitative estimate of drug-likeness (QED) is 0.439. The second-order valence-electron chi connectivity index (χ2n) is 6.84. The van der Waals surface area contributed by atoms with Crippen LogP contribution < -0.4 is 22.8 Å². The average molecular weight is 396 g/mol. The first kappa shape index (κ1) is 17.6. The Morgan fingerprint density at radius 1 is 0.600 bits per heavy atom. The van der Waals surface area contributed by atoms with Crippen LogP contribution in [0.15, 0.2) is 82.4 Å². The minimum absolute atomic E-state index is 0.298. The van der Waals surface area contributed by atoms with Gasteiger partial charge in [-0.25, -0.2) is 19.3 Å². The first-order valence-corrected chi connectivity index (χ1v) is 9.19. The fraction of sp³-hybridized carbons (Fsp3) is 0. The zero-order chi connectivity index (χ0) is 20.8. The molecule has 30 heavy (non-hydrogen) atoms. The minimum atomic E-state index is -0.347. The number of nitrogens with two attached hydrogens (primary N) is 2. The van der Waals surface area contributed by atoms with Crippen molar-refractivity contribution >= 4 is 21.8 Å². The maximum atomic E-state index is 12.6. The fourth-order valence-corrected chi connectivity index (χ4v) is 3.50. The Hall–Kier alpha value is -4.46.